The molecule has 100 valence electrons. The molecule has 0 saturated carbocycles. The standard InChI is InChI=1S/C15H14N4O/c16-12-19-15(13-5-4-8-17-11-13)18-9-10-20-14-6-2-1-3-7-14/h1-8,11H,9-10H2,(H,18,19). The molecule has 0 unspecified atom stereocenters. The maximum absolute atomic E-state index is 8.74. The van der Waals surface area contributed by atoms with E-state index in [1.165, 1.54) is 0 Å². The third kappa shape index (κ3) is 4.10. The van der Waals surface area contributed by atoms with Crippen LogP contribution in [0.2, 0.25) is 0 Å². The van der Waals surface area contributed by atoms with Crippen LogP contribution in [0.1, 0.15) is 5.56 Å². The average molecular weight is 266 g/mol. The van der Waals surface area contributed by atoms with Gasteiger partial charge in [0.05, 0.1) is 6.54 Å². The summed E-state index contributed by atoms with van der Waals surface area (Å²) >= 11 is 0. The van der Waals surface area contributed by atoms with Crippen LogP contribution < -0.4 is 10.1 Å². The highest BCUT2D eigenvalue weighted by Gasteiger charge is 2.01. The SMILES string of the molecule is N#CNC(=NCCOc1ccccc1)c1cccnc1. The summed E-state index contributed by atoms with van der Waals surface area (Å²) < 4.78 is 5.54. The number of nitriles is 1. The van der Waals surface area contributed by atoms with Gasteiger partial charge in [0, 0.05) is 18.0 Å². The number of para-hydroxylation sites is 1. The van der Waals surface area contributed by atoms with Crippen LogP contribution in [0.15, 0.2) is 59.9 Å². The van der Waals surface area contributed by atoms with Crippen molar-refractivity contribution in [3.05, 3.63) is 60.4 Å². The van der Waals surface area contributed by atoms with E-state index in [0.717, 1.165) is 11.3 Å². The third-order valence-corrected chi connectivity index (χ3v) is 2.48. The van der Waals surface area contributed by atoms with Gasteiger partial charge in [0.1, 0.15) is 18.2 Å². The largest absolute Gasteiger partial charge is 0.492 e. The molecule has 0 fully saturated rings. The topological polar surface area (TPSA) is 70.3 Å². The molecule has 1 aromatic heterocycles. The number of hydrogen-bond donors (Lipinski definition) is 1. The highest BCUT2D eigenvalue weighted by atomic mass is 16.5. The zero-order chi connectivity index (χ0) is 14.0. The van der Waals surface area contributed by atoms with E-state index in [4.69, 9.17) is 10.00 Å². The maximum atomic E-state index is 8.74. The number of amidine groups is 1. The lowest BCUT2D eigenvalue weighted by atomic mass is 10.2. The molecule has 0 spiro atoms. The number of pyridine rings is 1. The van der Waals surface area contributed by atoms with Crippen molar-refractivity contribution in [1.29, 1.82) is 5.26 Å². The van der Waals surface area contributed by atoms with Gasteiger partial charge in [-0.3, -0.25) is 15.3 Å². The molecule has 0 atom stereocenters. The Balaban J connectivity index is 1.92. The number of nitrogens with zero attached hydrogens (tertiary/aromatic N) is 3. The minimum absolute atomic E-state index is 0.445. The summed E-state index contributed by atoms with van der Waals surface area (Å²) in [5.74, 6) is 1.30. The van der Waals surface area contributed by atoms with Crippen molar-refractivity contribution in [3.8, 4) is 11.9 Å². The summed E-state index contributed by atoms with van der Waals surface area (Å²) in [5.41, 5.74) is 0.772. The fraction of sp³-hybridized carbons (Fsp3) is 0.133. The van der Waals surface area contributed by atoms with Gasteiger partial charge >= 0.3 is 0 Å². The van der Waals surface area contributed by atoms with Gasteiger partial charge in [-0.2, -0.15) is 5.26 Å². The molecule has 5 heteroatoms. The Hall–Kier alpha value is -2.87. The number of aromatic nitrogens is 1. The van der Waals surface area contributed by atoms with Crippen LogP contribution in [0.5, 0.6) is 5.75 Å². The molecule has 1 N–H and O–H groups in total. The first-order chi connectivity index (χ1) is 9.90. The molecule has 2 rings (SSSR count). The van der Waals surface area contributed by atoms with Gasteiger partial charge in [0.2, 0.25) is 0 Å². The van der Waals surface area contributed by atoms with Crippen molar-refractivity contribution >= 4 is 5.84 Å². The van der Waals surface area contributed by atoms with Gasteiger partial charge in [-0.15, -0.1) is 0 Å². The second-order valence-corrected chi connectivity index (χ2v) is 3.87. The second kappa shape index (κ2) is 7.54. The number of ether oxygens (including phenoxy) is 1. The van der Waals surface area contributed by atoms with Crippen LogP contribution in [0.25, 0.3) is 0 Å². The molecule has 1 heterocycles. The number of rotatable bonds is 5. The van der Waals surface area contributed by atoms with E-state index in [9.17, 15) is 0 Å². The molecule has 5 nitrogen and oxygen atoms in total. The molecule has 0 amide bonds. The van der Waals surface area contributed by atoms with Crippen LogP contribution in [-0.4, -0.2) is 24.0 Å². The normalized spacial score (nSPS) is 10.7. The summed E-state index contributed by atoms with van der Waals surface area (Å²) in [6.45, 7) is 0.898. The van der Waals surface area contributed by atoms with Gasteiger partial charge < -0.3 is 4.74 Å². The Labute approximate surface area is 117 Å². The monoisotopic (exact) mass is 266 g/mol. The first-order valence-electron chi connectivity index (χ1n) is 6.18. The lowest BCUT2D eigenvalue weighted by Crippen LogP contribution is -2.20. The Morgan fingerprint density at radius 2 is 2.10 bits per heavy atom. The Bertz CT molecular complexity index is 590. The smallest absolute Gasteiger partial charge is 0.182 e. The summed E-state index contributed by atoms with van der Waals surface area (Å²) in [7, 11) is 0. The molecule has 20 heavy (non-hydrogen) atoms. The summed E-state index contributed by atoms with van der Waals surface area (Å²) in [4.78, 5) is 8.32. The predicted octanol–water partition coefficient (Wildman–Crippen LogP) is 1.98. The molecule has 0 aliphatic rings. The van der Waals surface area contributed by atoms with Crippen LogP contribution in [-0.2, 0) is 0 Å². The molecule has 0 bridgehead atoms. The number of benzene rings is 1. The van der Waals surface area contributed by atoms with Crippen LogP contribution in [0.4, 0.5) is 0 Å². The van der Waals surface area contributed by atoms with Crippen LogP contribution in [0.3, 0.4) is 0 Å². The summed E-state index contributed by atoms with van der Waals surface area (Å²) in [5, 5.41) is 11.3. The maximum Gasteiger partial charge on any atom is 0.182 e. The number of hydrogen-bond acceptors (Lipinski definition) is 4. The van der Waals surface area contributed by atoms with E-state index < -0.39 is 0 Å². The third-order valence-electron chi connectivity index (χ3n) is 2.48. The lowest BCUT2D eigenvalue weighted by molar-refractivity contribution is 0.329. The van der Waals surface area contributed by atoms with Gasteiger partial charge in [-0.25, -0.2) is 0 Å². The van der Waals surface area contributed by atoms with Crippen LogP contribution >= 0.6 is 0 Å². The van der Waals surface area contributed by atoms with Crippen molar-refractivity contribution in [2.45, 2.75) is 0 Å². The predicted molar refractivity (Wildman–Crippen MR) is 76.3 cm³/mol. The van der Waals surface area contributed by atoms with Gasteiger partial charge in [-0.1, -0.05) is 18.2 Å². The first-order valence-corrected chi connectivity index (χ1v) is 6.18. The van der Waals surface area contributed by atoms with E-state index in [2.05, 4.69) is 15.3 Å². The molecule has 0 saturated heterocycles. The average Bonchev–Trinajstić information content (AvgIpc) is 2.52. The van der Waals surface area contributed by atoms with Gasteiger partial charge in [0.25, 0.3) is 0 Å². The van der Waals surface area contributed by atoms with E-state index in [1.807, 2.05) is 42.6 Å². The van der Waals surface area contributed by atoms with Crippen molar-refractivity contribution in [1.82, 2.24) is 10.3 Å². The molecular weight excluding hydrogens is 252 g/mol. The fourth-order valence-electron chi connectivity index (χ4n) is 1.60. The molecular formula is C15H14N4O. The van der Waals surface area contributed by atoms with E-state index in [-0.39, 0.29) is 0 Å². The highest BCUT2D eigenvalue weighted by molar-refractivity contribution is 5.99. The fourth-order valence-corrected chi connectivity index (χ4v) is 1.60. The van der Waals surface area contributed by atoms with Crippen molar-refractivity contribution in [2.24, 2.45) is 4.99 Å². The van der Waals surface area contributed by atoms with Gasteiger partial charge in [0.15, 0.2) is 6.19 Å². The molecule has 1 aromatic carbocycles. The number of nitrogens with one attached hydrogen (secondary N) is 1. The summed E-state index contributed by atoms with van der Waals surface area (Å²) in [6, 6.07) is 13.2. The van der Waals surface area contributed by atoms with Gasteiger partial charge in [-0.05, 0) is 24.3 Å². The summed E-state index contributed by atoms with van der Waals surface area (Å²) in [6.07, 6.45) is 5.20. The highest BCUT2D eigenvalue weighted by Crippen LogP contribution is 2.07. The van der Waals surface area contributed by atoms with E-state index in [0.29, 0.717) is 19.0 Å². The van der Waals surface area contributed by atoms with Crippen molar-refractivity contribution in [2.75, 3.05) is 13.2 Å². The molecule has 0 aliphatic carbocycles. The minimum atomic E-state index is 0.445. The Kier molecular flexibility index (Phi) is 5.11. The lowest BCUT2D eigenvalue weighted by Gasteiger charge is -2.06. The number of aliphatic imine (C=N–C) groups is 1. The van der Waals surface area contributed by atoms with Crippen LogP contribution in [0, 0.1) is 11.5 Å². The Morgan fingerprint density at radius 1 is 1.25 bits per heavy atom. The zero-order valence-electron chi connectivity index (χ0n) is 10.9. The zero-order valence-corrected chi connectivity index (χ0v) is 10.9. The van der Waals surface area contributed by atoms with E-state index in [1.54, 1.807) is 18.5 Å². The minimum Gasteiger partial charge on any atom is -0.492 e. The van der Waals surface area contributed by atoms with E-state index >= 15 is 0 Å². The molecule has 2 aromatic rings. The van der Waals surface area contributed by atoms with Crippen molar-refractivity contribution < 1.29 is 4.74 Å². The molecule has 0 radical (unpaired) electrons. The first kappa shape index (κ1) is 13.6. The Morgan fingerprint density at radius 3 is 2.80 bits per heavy atom. The van der Waals surface area contributed by atoms with Crippen molar-refractivity contribution in [3.63, 3.8) is 0 Å². The quantitative estimate of drug-likeness (QED) is 0.295. The second-order valence-electron chi connectivity index (χ2n) is 3.87. The molecule has 0 aliphatic heterocycles.